The zero-order valence-electron chi connectivity index (χ0n) is 13.6. The molecule has 1 unspecified atom stereocenters. The zero-order valence-corrected chi connectivity index (χ0v) is 13.6. The summed E-state index contributed by atoms with van der Waals surface area (Å²) in [5.74, 6) is 0. The van der Waals surface area contributed by atoms with Gasteiger partial charge in [-0.3, -0.25) is 4.90 Å². The average Bonchev–Trinajstić information content (AvgIpc) is 2.57. The molecule has 0 amide bonds. The Morgan fingerprint density at radius 1 is 1.04 bits per heavy atom. The smallest absolute Gasteiger partial charge is 0.0900 e. The van der Waals surface area contributed by atoms with Gasteiger partial charge in [-0.1, -0.05) is 66.7 Å². The molecule has 0 radical (unpaired) electrons. The molecule has 0 spiro atoms. The van der Waals surface area contributed by atoms with Gasteiger partial charge in [0.1, 0.15) is 0 Å². The standard InChI is InChI=1S/C20H25NO2/c1-3-14-23-16-19(22)15-21(2)20(17-10-6-4-7-11-17)18-12-8-5-9-13-18/h3-13,19-20,22H,1,14-16H2,2H3. The number of benzene rings is 2. The molecule has 0 saturated heterocycles. The summed E-state index contributed by atoms with van der Waals surface area (Å²) in [6.07, 6.45) is 1.16. The van der Waals surface area contributed by atoms with Crippen molar-refractivity contribution < 1.29 is 9.84 Å². The van der Waals surface area contributed by atoms with Crippen LogP contribution in [0.2, 0.25) is 0 Å². The molecule has 2 rings (SSSR count). The summed E-state index contributed by atoms with van der Waals surface area (Å²) >= 11 is 0. The number of nitrogens with zero attached hydrogens (tertiary/aromatic N) is 1. The first-order valence-electron chi connectivity index (χ1n) is 7.89. The fraction of sp³-hybridized carbons (Fsp3) is 0.300. The number of rotatable bonds is 9. The first-order valence-corrected chi connectivity index (χ1v) is 7.89. The Kier molecular flexibility index (Phi) is 7.01. The van der Waals surface area contributed by atoms with Crippen LogP contribution in [0, 0.1) is 0 Å². The lowest BCUT2D eigenvalue weighted by Crippen LogP contribution is -2.35. The summed E-state index contributed by atoms with van der Waals surface area (Å²) in [5, 5.41) is 10.2. The molecule has 0 aliphatic rings. The molecule has 0 aliphatic heterocycles. The summed E-state index contributed by atoms with van der Waals surface area (Å²) in [6.45, 7) is 4.91. The van der Waals surface area contributed by atoms with Gasteiger partial charge in [-0.2, -0.15) is 0 Å². The predicted octanol–water partition coefficient (Wildman–Crippen LogP) is 3.27. The van der Waals surface area contributed by atoms with Crippen LogP contribution in [0.3, 0.4) is 0 Å². The molecule has 3 nitrogen and oxygen atoms in total. The highest BCUT2D eigenvalue weighted by atomic mass is 16.5. The third-order valence-electron chi connectivity index (χ3n) is 3.72. The van der Waals surface area contributed by atoms with Crippen LogP contribution in [-0.2, 0) is 4.74 Å². The van der Waals surface area contributed by atoms with Crippen molar-refractivity contribution in [1.82, 2.24) is 4.90 Å². The van der Waals surface area contributed by atoms with Gasteiger partial charge in [0.15, 0.2) is 0 Å². The fourth-order valence-electron chi connectivity index (χ4n) is 2.75. The van der Waals surface area contributed by atoms with E-state index in [2.05, 4.69) is 35.7 Å². The second kappa shape index (κ2) is 9.26. The van der Waals surface area contributed by atoms with Gasteiger partial charge in [-0.15, -0.1) is 6.58 Å². The van der Waals surface area contributed by atoms with Crippen LogP contribution in [0.5, 0.6) is 0 Å². The Morgan fingerprint density at radius 3 is 2.04 bits per heavy atom. The summed E-state index contributed by atoms with van der Waals surface area (Å²) < 4.78 is 5.34. The Bertz CT molecular complexity index is 531. The van der Waals surface area contributed by atoms with Crippen molar-refractivity contribution in [2.45, 2.75) is 12.1 Å². The van der Waals surface area contributed by atoms with Crippen molar-refractivity contribution in [3.63, 3.8) is 0 Å². The minimum Gasteiger partial charge on any atom is -0.389 e. The van der Waals surface area contributed by atoms with Gasteiger partial charge in [0.2, 0.25) is 0 Å². The average molecular weight is 311 g/mol. The molecular formula is C20H25NO2. The lowest BCUT2D eigenvalue weighted by atomic mass is 9.97. The van der Waals surface area contributed by atoms with E-state index in [1.165, 1.54) is 11.1 Å². The number of likely N-dealkylation sites (N-methyl/N-ethyl adjacent to an activating group) is 1. The normalized spacial score (nSPS) is 12.5. The van der Waals surface area contributed by atoms with E-state index in [4.69, 9.17) is 4.74 Å². The molecule has 0 bridgehead atoms. The molecule has 3 heteroatoms. The molecule has 0 aromatic heterocycles. The number of aliphatic hydroxyl groups excluding tert-OH is 1. The van der Waals surface area contributed by atoms with Crippen LogP contribution < -0.4 is 0 Å². The van der Waals surface area contributed by atoms with Crippen molar-refractivity contribution >= 4 is 0 Å². The predicted molar refractivity (Wildman–Crippen MR) is 94.4 cm³/mol. The Hall–Kier alpha value is -1.94. The minimum absolute atomic E-state index is 0.103. The molecule has 2 aromatic rings. The molecule has 1 atom stereocenters. The molecule has 122 valence electrons. The molecule has 0 fully saturated rings. The van der Waals surface area contributed by atoms with Gasteiger partial charge in [0.25, 0.3) is 0 Å². The molecule has 0 saturated carbocycles. The van der Waals surface area contributed by atoms with E-state index < -0.39 is 6.10 Å². The SMILES string of the molecule is C=CCOCC(O)CN(C)C(c1ccccc1)c1ccccc1. The van der Waals surface area contributed by atoms with E-state index in [9.17, 15) is 5.11 Å². The molecule has 23 heavy (non-hydrogen) atoms. The van der Waals surface area contributed by atoms with Gasteiger partial charge < -0.3 is 9.84 Å². The highest BCUT2D eigenvalue weighted by Gasteiger charge is 2.21. The largest absolute Gasteiger partial charge is 0.389 e. The number of hydrogen-bond acceptors (Lipinski definition) is 3. The first-order chi connectivity index (χ1) is 11.2. The Balaban J connectivity index is 2.12. The first kappa shape index (κ1) is 17.4. The molecule has 0 heterocycles. The van der Waals surface area contributed by atoms with Crippen LogP contribution in [0.25, 0.3) is 0 Å². The quantitative estimate of drug-likeness (QED) is 0.570. The van der Waals surface area contributed by atoms with Gasteiger partial charge in [-0.05, 0) is 18.2 Å². The van der Waals surface area contributed by atoms with E-state index in [0.29, 0.717) is 19.8 Å². The van der Waals surface area contributed by atoms with Crippen LogP contribution in [-0.4, -0.2) is 42.9 Å². The second-order valence-electron chi connectivity index (χ2n) is 5.64. The lowest BCUT2D eigenvalue weighted by Gasteiger charge is -2.30. The third kappa shape index (κ3) is 5.32. The molecule has 1 N–H and O–H groups in total. The number of aliphatic hydroxyl groups is 1. The van der Waals surface area contributed by atoms with Crippen LogP contribution in [0.1, 0.15) is 17.2 Å². The maximum Gasteiger partial charge on any atom is 0.0900 e. The van der Waals surface area contributed by atoms with Crippen molar-refractivity contribution in [3.8, 4) is 0 Å². The van der Waals surface area contributed by atoms with Crippen molar-refractivity contribution in [2.24, 2.45) is 0 Å². The fourth-order valence-corrected chi connectivity index (χ4v) is 2.75. The van der Waals surface area contributed by atoms with E-state index >= 15 is 0 Å². The summed E-state index contributed by atoms with van der Waals surface area (Å²) in [6, 6.07) is 20.8. The summed E-state index contributed by atoms with van der Waals surface area (Å²) in [5.41, 5.74) is 2.42. The van der Waals surface area contributed by atoms with E-state index in [-0.39, 0.29) is 6.04 Å². The maximum absolute atomic E-state index is 10.2. The third-order valence-corrected chi connectivity index (χ3v) is 3.72. The van der Waals surface area contributed by atoms with Crippen LogP contribution >= 0.6 is 0 Å². The van der Waals surface area contributed by atoms with Crippen LogP contribution in [0.15, 0.2) is 73.3 Å². The van der Waals surface area contributed by atoms with Gasteiger partial charge in [-0.25, -0.2) is 0 Å². The van der Waals surface area contributed by atoms with Gasteiger partial charge in [0, 0.05) is 6.54 Å². The second-order valence-corrected chi connectivity index (χ2v) is 5.64. The van der Waals surface area contributed by atoms with Gasteiger partial charge in [0.05, 0.1) is 25.4 Å². The van der Waals surface area contributed by atoms with Gasteiger partial charge >= 0.3 is 0 Å². The molecule has 2 aromatic carbocycles. The summed E-state index contributed by atoms with van der Waals surface area (Å²) in [7, 11) is 2.03. The highest BCUT2D eigenvalue weighted by Crippen LogP contribution is 2.27. The van der Waals surface area contributed by atoms with Crippen LogP contribution in [0.4, 0.5) is 0 Å². The van der Waals surface area contributed by atoms with E-state index in [0.717, 1.165) is 0 Å². The van der Waals surface area contributed by atoms with Crippen molar-refractivity contribution in [3.05, 3.63) is 84.4 Å². The lowest BCUT2D eigenvalue weighted by molar-refractivity contribution is 0.0261. The van der Waals surface area contributed by atoms with E-state index in [1.807, 2.05) is 43.4 Å². The summed E-state index contributed by atoms with van der Waals surface area (Å²) in [4.78, 5) is 2.16. The van der Waals surface area contributed by atoms with E-state index in [1.54, 1.807) is 6.08 Å². The van der Waals surface area contributed by atoms with Crippen molar-refractivity contribution in [2.75, 3.05) is 26.8 Å². The van der Waals surface area contributed by atoms with Crippen molar-refractivity contribution in [1.29, 1.82) is 0 Å². The topological polar surface area (TPSA) is 32.7 Å². The Morgan fingerprint density at radius 2 is 1.57 bits per heavy atom. The Labute approximate surface area is 138 Å². The molecule has 0 aliphatic carbocycles. The number of hydrogen-bond donors (Lipinski definition) is 1. The monoisotopic (exact) mass is 311 g/mol. The molecular weight excluding hydrogens is 286 g/mol. The number of ether oxygens (including phenoxy) is 1. The highest BCUT2D eigenvalue weighted by molar-refractivity contribution is 5.31. The minimum atomic E-state index is -0.533. The zero-order chi connectivity index (χ0) is 16.5. The maximum atomic E-state index is 10.2.